The first-order valence-corrected chi connectivity index (χ1v) is 9.89. The molecule has 1 aromatic carbocycles. The van der Waals surface area contributed by atoms with Crippen molar-refractivity contribution < 1.29 is 4.42 Å². The fourth-order valence-electron chi connectivity index (χ4n) is 2.48. The van der Waals surface area contributed by atoms with Gasteiger partial charge in [-0.2, -0.15) is 5.10 Å². The van der Waals surface area contributed by atoms with E-state index < -0.39 is 0 Å². The van der Waals surface area contributed by atoms with E-state index in [2.05, 4.69) is 16.7 Å². The van der Waals surface area contributed by atoms with Gasteiger partial charge in [-0.3, -0.25) is 4.99 Å². The molecule has 4 rings (SSSR count). The molecule has 0 amide bonds. The van der Waals surface area contributed by atoms with Crippen molar-refractivity contribution in [2.24, 2.45) is 10.1 Å². The van der Waals surface area contributed by atoms with Gasteiger partial charge in [0.25, 0.3) is 0 Å². The molecule has 6 heteroatoms. The number of benzene rings is 1. The average Bonchev–Trinajstić information content (AvgIpc) is 3.36. The first-order valence-electron chi connectivity index (χ1n) is 8.13. The lowest BCUT2D eigenvalue weighted by molar-refractivity contribution is 0.621. The van der Waals surface area contributed by atoms with Crippen molar-refractivity contribution in [2.75, 3.05) is 6.54 Å². The molecule has 0 bridgehead atoms. The van der Waals surface area contributed by atoms with Crippen molar-refractivity contribution in [1.82, 2.24) is 4.68 Å². The highest BCUT2D eigenvalue weighted by molar-refractivity contribution is 7.11. The summed E-state index contributed by atoms with van der Waals surface area (Å²) in [6.45, 7) is 6.47. The monoisotopic (exact) mass is 379 g/mol. The maximum absolute atomic E-state index is 6.03. The molecular weight excluding hydrogens is 362 g/mol. The Hall–Kier alpha value is -2.70. The van der Waals surface area contributed by atoms with E-state index >= 15 is 0 Å². The number of para-hydroxylation sites is 1. The number of fused-ring (bicyclic) bond motifs is 1. The second-order valence-electron chi connectivity index (χ2n) is 5.90. The van der Waals surface area contributed by atoms with Crippen molar-refractivity contribution in [3.8, 4) is 11.5 Å². The van der Waals surface area contributed by atoms with Crippen LogP contribution in [0.15, 0.2) is 79.9 Å². The minimum Gasteiger partial charge on any atom is -0.454 e. The summed E-state index contributed by atoms with van der Waals surface area (Å²) in [4.78, 5) is 6.54. The van der Waals surface area contributed by atoms with Crippen LogP contribution in [0.1, 0.15) is 11.8 Å². The van der Waals surface area contributed by atoms with Crippen LogP contribution in [0.2, 0.25) is 0 Å². The van der Waals surface area contributed by atoms with E-state index in [1.54, 1.807) is 22.7 Å². The predicted octanol–water partition coefficient (Wildman–Crippen LogP) is 5.38. The quantitative estimate of drug-likeness (QED) is 0.339. The van der Waals surface area contributed by atoms with Crippen LogP contribution in [0, 0.1) is 0 Å². The lowest BCUT2D eigenvalue weighted by atomic mass is 10.2. The van der Waals surface area contributed by atoms with Crippen LogP contribution < -0.4 is 4.80 Å². The Morgan fingerprint density at radius 1 is 1.23 bits per heavy atom. The summed E-state index contributed by atoms with van der Waals surface area (Å²) >= 11 is 3.19. The van der Waals surface area contributed by atoms with Crippen molar-refractivity contribution >= 4 is 39.9 Å². The van der Waals surface area contributed by atoms with Gasteiger partial charge in [0.1, 0.15) is 11.3 Å². The molecule has 26 heavy (non-hydrogen) atoms. The average molecular weight is 380 g/mol. The molecular formula is C20H17N3OS2. The molecule has 3 heterocycles. The molecule has 0 saturated carbocycles. The SMILES string of the molecule is C=C(C)CN=c1scc(-c2cc3ccccc3o2)n1N=Cc1cccs1. The van der Waals surface area contributed by atoms with Crippen molar-refractivity contribution in [1.29, 1.82) is 0 Å². The van der Waals surface area contributed by atoms with Crippen LogP contribution in [0.25, 0.3) is 22.4 Å². The minimum atomic E-state index is 0.578. The summed E-state index contributed by atoms with van der Waals surface area (Å²) < 4.78 is 7.86. The van der Waals surface area contributed by atoms with Gasteiger partial charge in [-0.15, -0.1) is 22.7 Å². The highest BCUT2D eigenvalue weighted by atomic mass is 32.1. The lowest BCUT2D eigenvalue weighted by Gasteiger charge is -2.00. The summed E-state index contributed by atoms with van der Waals surface area (Å²) in [6, 6.07) is 14.1. The molecule has 0 atom stereocenters. The van der Waals surface area contributed by atoms with Crippen molar-refractivity contribution in [2.45, 2.75) is 6.92 Å². The van der Waals surface area contributed by atoms with Crippen LogP contribution in [0.4, 0.5) is 0 Å². The van der Waals surface area contributed by atoms with Crippen LogP contribution in [-0.2, 0) is 0 Å². The molecule has 130 valence electrons. The molecule has 0 radical (unpaired) electrons. The van der Waals surface area contributed by atoms with Crippen molar-refractivity contribution in [3.05, 3.63) is 75.1 Å². The number of hydrogen-bond acceptors (Lipinski definition) is 5. The highest BCUT2D eigenvalue weighted by Gasteiger charge is 2.12. The van der Waals surface area contributed by atoms with Gasteiger partial charge in [0, 0.05) is 15.6 Å². The zero-order chi connectivity index (χ0) is 17.9. The van der Waals surface area contributed by atoms with E-state index in [4.69, 9.17) is 4.42 Å². The van der Waals surface area contributed by atoms with Gasteiger partial charge in [0.05, 0.1) is 12.8 Å². The number of nitrogens with zero attached hydrogens (tertiary/aromatic N) is 3. The molecule has 4 aromatic rings. The predicted molar refractivity (Wildman–Crippen MR) is 110 cm³/mol. The number of hydrogen-bond donors (Lipinski definition) is 0. The van der Waals surface area contributed by atoms with E-state index in [-0.39, 0.29) is 0 Å². The van der Waals surface area contributed by atoms with Gasteiger partial charge in [-0.25, -0.2) is 4.68 Å². The highest BCUT2D eigenvalue weighted by Crippen LogP contribution is 2.28. The normalized spacial score (nSPS) is 12.4. The number of thiazole rings is 1. The summed E-state index contributed by atoms with van der Waals surface area (Å²) in [5.74, 6) is 0.780. The smallest absolute Gasteiger partial charge is 0.206 e. The molecule has 0 aliphatic carbocycles. The molecule has 0 saturated heterocycles. The van der Waals surface area contributed by atoms with Crippen LogP contribution >= 0.6 is 22.7 Å². The third-order valence-corrected chi connectivity index (χ3v) is 5.35. The first-order chi connectivity index (χ1) is 12.7. The van der Waals surface area contributed by atoms with Gasteiger partial charge < -0.3 is 4.42 Å². The maximum Gasteiger partial charge on any atom is 0.206 e. The fraction of sp³-hybridized carbons (Fsp3) is 0.100. The van der Waals surface area contributed by atoms with Gasteiger partial charge in [0.15, 0.2) is 5.76 Å². The fourth-order valence-corrected chi connectivity index (χ4v) is 3.88. The number of aromatic nitrogens is 1. The van der Waals surface area contributed by atoms with Gasteiger partial charge in [0.2, 0.25) is 4.80 Å². The van der Waals surface area contributed by atoms with Crippen LogP contribution in [0.5, 0.6) is 0 Å². The lowest BCUT2D eigenvalue weighted by Crippen LogP contribution is -2.12. The zero-order valence-corrected chi connectivity index (χ0v) is 15.9. The summed E-state index contributed by atoms with van der Waals surface area (Å²) in [5, 5.41) is 9.80. The van der Waals surface area contributed by atoms with E-state index in [0.29, 0.717) is 6.54 Å². The van der Waals surface area contributed by atoms with Gasteiger partial charge >= 0.3 is 0 Å². The Morgan fingerprint density at radius 3 is 2.88 bits per heavy atom. The molecule has 0 spiro atoms. The number of thiophene rings is 1. The zero-order valence-electron chi connectivity index (χ0n) is 14.3. The minimum absolute atomic E-state index is 0.578. The Bertz CT molecular complexity index is 1110. The van der Waals surface area contributed by atoms with E-state index in [0.717, 1.165) is 37.7 Å². The topological polar surface area (TPSA) is 42.8 Å². The maximum atomic E-state index is 6.03. The van der Waals surface area contributed by atoms with Crippen LogP contribution in [-0.4, -0.2) is 17.4 Å². The molecule has 3 aromatic heterocycles. The second kappa shape index (κ2) is 7.27. The van der Waals surface area contributed by atoms with E-state index in [1.165, 1.54) is 0 Å². The third-order valence-electron chi connectivity index (χ3n) is 3.69. The summed E-state index contributed by atoms with van der Waals surface area (Å²) in [5.41, 5.74) is 2.76. The van der Waals surface area contributed by atoms with Gasteiger partial charge in [-0.05, 0) is 30.5 Å². The molecule has 0 aliphatic heterocycles. The first kappa shape index (κ1) is 16.8. The Labute approximate surface area is 159 Å². The number of rotatable bonds is 5. The number of furan rings is 1. The van der Waals surface area contributed by atoms with Gasteiger partial charge in [-0.1, -0.05) is 36.4 Å². The molecule has 0 unspecified atom stereocenters. The Balaban J connectivity index is 1.83. The van der Waals surface area contributed by atoms with Crippen LogP contribution in [0.3, 0.4) is 0 Å². The summed E-state index contributed by atoms with van der Waals surface area (Å²) in [6.07, 6.45) is 1.85. The van der Waals surface area contributed by atoms with E-state index in [9.17, 15) is 0 Å². The molecule has 0 fully saturated rings. The molecule has 4 nitrogen and oxygen atoms in total. The largest absolute Gasteiger partial charge is 0.454 e. The Morgan fingerprint density at radius 2 is 2.12 bits per heavy atom. The Kier molecular flexibility index (Phi) is 4.69. The molecule has 0 N–H and O–H groups in total. The van der Waals surface area contributed by atoms with E-state index in [1.807, 2.05) is 71.0 Å². The molecule has 0 aliphatic rings. The second-order valence-corrected chi connectivity index (χ2v) is 7.71. The standard InChI is InChI=1S/C20H17N3OS2/c1-14(2)11-21-20-23(22-12-16-7-5-9-25-16)17(13-26-20)19-10-15-6-3-4-8-18(15)24-19/h3-10,12-13H,1,11H2,2H3. The third kappa shape index (κ3) is 3.47. The summed E-state index contributed by atoms with van der Waals surface area (Å²) in [7, 11) is 0. The van der Waals surface area contributed by atoms with Crippen molar-refractivity contribution in [3.63, 3.8) is 0 Å².